The van der Waals surface area contributed by atoms with Gasteiger partial charge in [0.15, 0.2) is 5.11 Å². The lowest BCUT2D eigenvalue weighted by atomic mass is 10.1. The van der Waals surface area contributed by atoms with Gasteiger partial charge in [0.25, 0.3) is 11.6 Å². The number of carbonyl (C=O) groups is 2. The highest BCUT2D eigenvalue weighted by molar-refractivity contribution is 7.80. The number of nitro benzene ring substituents is 1. The third-order valence-electron chi connectivity index (χ3n) is 3.14. The average Bonchev–Trinajstić information content (AvgIpc) is 2.61. The van der Waals surface area contributed by atoms with Gasteiger partial charge < -0.3 is 10.1 Å². The molecule has 0 unspecified atom stereocenters. The Bertz CT molecular complexity index is 836. The minimum absolute atomic E-state index is 0.0867. The first-order valence-corrected chi connectivity index (χ1v) is 7.37. The number of benzene rings is 2. The van der Waals surface area contributed by atoms with Gasteiger partial charge in [-0.05, 0) is 42.5 Å². The molecule has 0 heterocycles. The first-order chi connectivity index (χ1) is 11.9. The summed E-state index contributed by atoms with van der Waals surface area (Å²) in [5.74, 6) is -1.03. The molecule has 0 fully saturated rings. The summed E-state index contributed by atoms with van der Waals surface area (Å²) in [5.41, 5.74) is 0.569. The highest BCUT2D eigenvalue weighted by Crippen LogP contribution is 2.22. The van der Waals surface area contributed by atoms with Crippen molar-refractivity contribution in [2.24, 2.45) is 0 Å². The Morgan fingerprint density at radius 3 is 2.28 bits per heavy atom. The third-order valence-corrected chi connectivity index (χ3v) is 3.35. The van der Waals surface area contributed by atoms with Crippen LogP contribution in [0.1, 0.15) is 20.7 Å². The number of nitro groups is 1. The summed E-state index contributed by atoms with van der Waals surface area (Å²) in [6, 6.07) is 11.7. The molecule has 8 nitrogen and oxygen atoms in total. The maximum atomic E-state index is 12.1. The molecule has 1 amide bonds. The second kappa shape index (κ2) is 7.97. The first-order valence-electron chi connectivity index (χ1n) is 6.96. The Kier molecular flexibility index (Phi) is 5.75. The van der Waals surface area contributed by atoms with Gasteiger partial charge in [-0.15, -0.1) is 0 Å². The van der Waals surface area contributed by atoms with Gasteiger partial charge in [0, 0.05) is 11.6 Å². The molecule has 2 aromatic rings. The van der Waals surface area contributed by atoms with Crippen LogP contribution in [0.5, 0.6) is 0 Å². The predicted octanol–water partition coefficient (Wildman–Crippen LogP) is 2.51. The number of esters is 1. The summed E-state index contributed by atoms with van der Waals surface area (Å²) in [5, 5.41) is 15.9. The topological polar surface area (TPSA) is 111 Å². The van der Waals surface area contributed by atoms with Crippen molar-refractivity contribution in [3.05, 3.63) is 69.8 Å². The van der Waals surface area contributed by atoms with E-state index in [0.717, 1.165) is 0 Å². The Hall–Kier alpha value is -3.33. The van der Waals surface area contributed by atoms with E-state index < -0.39 is 16.8 Å². The molecule has 0 bridgehead atoms. The van der Waals surface area contributed by atoms with Gasteiger partial charge in [0.05, 0.1) is 17.6 Å². The molecule has 0 spiro atoms. The van der Waals surface area contributed by atoms with Gasteiger partial charge in [0.1, 0.15) is 5.69 Å². The van der Waals surface area contributed by atoms with E-state index in [-0.39, 0.29) is 22.1 Å². The van der Waals surface area contributed by atoms with Crippen LogP contribution in [-0.2, 0) is 4.74 Å². The Morgan fingerprint density at radius 1 is 1.08 bits per heavy atom. The van der Waals surface area contributed by atoms with E-state index in [0.29, 0.717) is 5.56 Å². The van der Waals surface area contributed by atoms with E-state index in [1.807, 2.05) is 0 Å². The van der Waals surface area contributed by atoms with Crippen LogP contribution in [0.2, 0.25) is 0 Å². The molecule has 25 heavy (non-hydrogen) atoms. The minimum Gasteiger partial charge on any atom is -0.465 e. The smallest absolute Gasteiger partial charge is 0.337 e. The van der Waals surface area contributed by atoms with Crippen molar-refractivity contribution in [2.75, 3.05) is 12.4 Å². The predicted molar refractivity (Wildman–Crippen MR) is 94.6 cm³/mol. The van der Waals surface area contributed by atoms with Gasteiger partial charge in [-0.1, -0.05) is 12.1 Å². The lowest BCUT2D eigenvalue weighted by Gasteiger charge is -2.10. The van der Waals surface area contributed by atoms with Crippen LogP contribution < -0.4 is 10.6 Å². The Morgan fingerprint density at radius 2 is 1.68 bits per heavy atom. The molecule has 0 saturated carbocycles. The fourth-order valence-electron chi connectivity index (χ4n) is 1.94. The van der Waals surface area contributed by atoms with Gasteiger partial charge in [-0.25, -0.2) is 4.79 Å². The molecule has 0 radical (unpaired) electrons. The number of ether oxygens (including phenoxy) is 1. The highest BCUT2D eigenvalue weighted by Gasteiger charge is 2.15. The zero-order valence-electron chi connectivity index (χ0n) is 13.0. The SMILES string of the molecule is COC(=O)c1ccc(C(=O)NC(=S)Nc2ccccc2[N+](=O)[O-])cc1. The summed E-state index contributed by atoms with van der Waals surface area (Å²) in [6.45, 7) is 0. The average molecular weight is 359 g/mol. The zero-order chi connectivity index (χ0) is 18.4. The van der Waals surface area contributed by atoms with E-state index in [1.165, 1.54) is 49.6 Å². The molecule has 128 valence electrons. The lowest BCUT2D eigenvalue weighted by molar-refractivity contribution is -0.383. The normalized spacial score (nSPS) is 9.80. The number of nitrogens with zero attached hydrogens (tertiary/aromatic N) is 1. The molecule has 0 aliphatic carbocycles. The molecule has 0 aliphatic heterocycles. The number of methoxy groups -OCH3 is 1. The van der Waals surface area contributed by atoms with Crippen LogP contribution in [-0.4, -0.2) is 29.0 Å². The van der Waals surface area contributed by atoms with Crippen molar-refractivity contribution in [3.63, 3.8) is 0 Å². The van der Waals surface area contributed by atoms with Crippen LogP contribution in [0.25, 0.3) is 0 Å². The maximum Gasteiger partial charge on any atom is 0.337 e. The number of carbonyl (C=O) groups excluding carboxylic acids is 2. The van der Waals surface area contributed by atoms with Gasteiger partial charge >= 0.3 is 5.97 Å². The molecule has 0 aromatic heterocycles. The summed E-state index contributed by atoms with van der Waals surface area (Å²) < 4.78 is 4.57. The van der Waals surface area contributed by atoms with E-state index in [4.69, 9.17) is 12.2 Å². The standard InChI is InChI=1S/C16H13N3O5S/c1-24-15(21)11-8-6-10(7-9-11)14(20)18-16(25)17-12-4-2-3-5-13(12)19(22)23/h2-9H,1H3,(H2,17,18,20,25). The van der Waals surface area contributed by atoms with Gasteiger partial charge in [-0.3, -0.25) is 20.2 Å². The van der Waals surface area contributed by atoms with E-state index in [2.05, 4.69) is 15.4 Å². The highest BCUT2D eigenvalue weighted by atomic mass is 32.1. The van der Waals surface area contributed by atoms with Crippen molar-refractivity contribution in [3.8, 4) is 0 Å². The fourth-order valence-corrected chi connectivity index (χ4v) is 2.15. The first kappa shape index (κ1) is 18.0. The lowest BCUT2D eigenvalue weighted by Crippen LogP contribution is -2.34. The zero-order valence-corrected chi connectivity index (χ0v) is 13.8. The van der Waals surface area contributed by atoms with E-state index >= 15 is 0 Å². The quantitative estimate of drug-likeness (QED) is 0.373. The third kappa shape index (κ3) is 4.58. The summed E-state index contributed by atoms with van der Waals surface area (Å²) in [4.78, 5) is 33.9. The van der Waals surface area contributed by atoms with Crippen LogP contribution in [0, 0.1) is 10.1 Å². The summed E-state index contributed by atoms with van der Waals surface area (Å²) in [6.07, 6.45) is 0. The number of amides is 1. The second-order valence-corrected chi connectivity index (χ2v) is 5.16. The summed E-state index contributed by atoms with van der Waals surface area (Å²) in [7, 11) is 1.26. The number of rotatable bonds is 4. The van der Waals surface area contributed by atoms with Crippen molar-refractivity contribution >= 4 is 40.6 Å². The van der Waals surface area contributed by atoms with Crippen molar-refractivity contribution < 1.29 is 19.2 Å². The number of anilines is 1. The second-order valence-electron chi connectivity index (χ2n) is 4.75. The van der Waals surface area contributed by atoms with Crippen LogP contribution in [0.15, 0.2) is 48.5 Å². The molecule has 0 saturated heterocycles. The molecule has 2 aromatic carbocycles. The fraction of sp³-hybridized carbons (Fsp3) is 0.0625. The maximum absolute atomic E-state index is 12.1. The molecule has 9 heteroatoms. The molecule has 0 aliphatic rings. The van der Waals surface area contributed by atoms with Gasteiger partial charge in [-0.2, -0.15) is 0 Å². The molecule has 2 rings (SSSR count). The van der Waals surface area contributed by atoms with Crippen LogP contribution in [0.4, 0.5) is 11.4 Å². The largest absolute Gasteiger partial charge is 0.465 e. The number of nitrogens with one attached hydrogen (secondary N) is 2. The number of hydrogen-bond donors (Lipinski definition) is 2. The van der Waals surface area contributed by atoms with E-state index in [1.54, 1.807) is 6.07 Å². The van der Waals surface area contributed by atoms with Crippen LogP contribution in [0.3, 0.4) is 0 Å². The number of thiocarbonyl (C=S) groups is 1. The Labute approximate surface area is 147 Å². The monoisotopic (exact) mass is 359 g/mol. The van der Waals surface area contributed by atoms with Gasteiger partial charge in [0.2, 0.25) is 0 Å². The van der Waals surface area contributed by atoms with E-state index in [9.17, 15) is 19.7 Å². The van der Waals surface area contributed by atoms with Crippen LogP contribution >= 0.6 is 12.2 Å². The molecule has 2 N–H and O–H groups in total. The molecular formula is C16H13N3O5S. The number of para-hydroxylation sites is 2. The molecule has 0 atom stereocenters. The minimum atomic E-state index is -0.557. The van der Waals surface area contributed by atoms with Crippen molar-refractivity contribution in [1.82, 2.24) is 5.32 Å². The Balaban J connectivity index is 2.04. The van der Waals surface area contributed by atoms with Crippen molar-refractivity contribution in [2.45, 2.75) is 0 Å². The summed E-state index contributed by atoms with van der Waals surface area (Å²) >= 11 is 5.00. The number of hydrogen-bond acceptors (Lipinski definition) is 6. The van der Waals surface area contributed by atoms with Crippen molar-refractivity contribution in [1.29, 1.82) is 0 Å². The molecular weight excluding hydrogens is 346 g/mol.